The van der Waals surface area contributed by atoms with Crippen LogP contribution in [-0.4, -0.2) is 51.6 Å². The third-order valence-corrected chi connectivity index (χ3v) is 4.92. The van der Waals surface area contributed by atoms with E-state index in [4.69, 9.17) is 0 Å². The fourth-order valence-corrected chi connectivity index (χ4v) is 3.69. The smallest absolute Gasteiger partial charge is 0.195 e. The number of aliphatic hydroxyl groups excluding tert-OH is 1. The second-order valence-electron chi connectivity index (χ2n) is 5.35. The van der Waals surface area contributed by atoms with Gasteiger partial charge in [-0.05, 0) is 12.8 Å². The molecular formula is C13H18N4OS. The van der Waals surface area contributed by atoms with E-state index in [0.29, 0.717) is 0 Å². The monoisotopic (exact) mass is 278 g/mol. The first-order valence-corrected chi connectivity index (χ1v) is 7.79. The summed E-state index contributed by atoms with van der Waals surface area (Å²) in [6.45, 7) is 4.35. The summed E-state index contributed by atoms with van der Waals surface area (Å²) in [5.41, 5.74) is 0.927. The number of hydrogen-bond donors (Lipinski definition) is 1. The fourth-order valence-electron chi connectivity index (χ4n) is 2.96. The van der Waals surface area contributed by atoms with Crippen LogP contribution in [0.3, 0.4) is 0 Å². The summed E-state index contributed by atoms with van der Waals surface area (Å²) < 4.78 is 2.01. The van der Waals surface area contributed by atoms with Crippen molar-refractivity contribution in [3.05, 3.63) is 17.3 Å². The molecule has 2 fully saturated rings. The zero-order valence-electron chi connectivity index (χ0n) is 10.8. The maximum Gasteiger partial charge on any atom is 0.195 e. The summed E-state index contributed by atoms with van der Waals surface area (Å²) in [6, 6.07) is 0.852. The van der Waals surface area contributed by atoms with Gasteiger partial charge in [-0.15, -0.1) is 11.3 Å². The van der Waals surface area contributed by atoms with Gasteiger partial charge >= 0.3 is 0 Å². The fraction of sp³-hybridized carbons (Fsp3) is 0.615. The maximum atomic E-state index is 9.61. The third-order valence-electron chi connectivity index (χ3n) is 4.17. The van der Waals surface area contributed by atoms with E-state index in [1.165, 1.54) is 12.8 Å². The van der Waals surface area contributed by atoms with Crippen LogP contribution in [-0.2, 0) is 6.61 Å². The highest BCUT2D eigenvalue weighted by atomic mass is 32.1. The Morgan fingerprint density at radius 1 is 1.26 bits per heavy atom. The molecule has 0 spiro atoms. The molecule has 102 valence electrons. The highest BCUT2D eigenvalue weighted by Crippen LogP contribution is 2.30. The molecule has 0 amide bonds. The Labute approximate surface area is 116 Å². The van der Waals surface area contributed by atoms with Crippen LogP contribution in [0.1, 0.15) is 18.5 Å². The Morgan fingerprint density at radius 2 is 2.05 bits per heavy atom. The molecular weight excluding hydrogens is 260 g/mol. The van der Waals surface area contributed by atoms with Crippen molar-refractivity contribution in [1.82, 2.24) is 14.3 Å². The summed E-state index contributed by atoms with van der Waals surface area (Å²) in [7, 11) is 0. The molecule has 2 aromatic heterocycles. The summed E-state index contributed by atoms with van der Waals surface area (Å²) in [5.74, 6) is 0.977. The number of hydrogen-bond acceptors (Lipinski definition) is 5. The van der Waals surface area contributed by atoms with E-state index in [2.05, 4.69) is 14.8 Å². The van der Waals surface area contributed by atoms with Crippen LogP contribution in [0.15, 0.2) is 11.6 Å². The number of aromatic nitrogens is 2. The first kappa shape index (κ1) is 11.7. The molecule has 5 nitrogen and oxygen atoms in total. The molecule has 1 N–H and O–H groups in total. The number of fused-ring (bicyclic) bond motifs is 1. The van der Waals surface area contributed by atoms with Crippen LogP contribution < -0.4 is 4.90 Å². The first-order valence-electron chi connectivity index (χ1n) is 6.91. The molecule has 3 heterocycles. The van der Waals surface area contributed by atoms with E-state index in [1.54, 1.807) is 11.3 Å². The van der Waals surface area contributed by atoms with Gasteiger partial charge in [0.2, 0.25) is 0 Å². The van der Waals surface area contributed by atoms with Gasteiger partial charge in [0, 0.05) is 43.8 Å². The van der Waals surface area contributed by atoms with Gasteiger partial charge in [0.15, 0.2) is 10.8 Å². The third kappa shape index (κ3) is 1.94. The van der Waals surface area contributed by atoms with Crippen molar-refractivity contribution in [2.24, 2.45) is 0 Å². The van der Waals surface area contributed by atoms with Crippen LogP contribution in [0.5, 0.6) is 0 Å². The van der Waals surface area contributed by atoms with E-state index in [0.717, 1.165) is 48.7 Å². The molecule has 1 aliphatic heterocycles. The molecule has 2 aliphatic rings. The van der Waals surface area contributed by atoms with Crippen LogP contribution in [0, 0.1) is 0 Å². The molecule has 4 rings (SSSR count). The highest BCUT2D eigenvalue weighted by Gasteiger charge is 2.32. The normalized spacial score (nSPS) is 21.4. The SMILES string of the molecule is OCc1c(N2CCN(C3CC3)CC2)nc2sccn12. The van der Waals surface area contributed by atoms with Crippen molar-refractivity contribution in [2.45, 2.75) is 25.5 Å². The zero-order chi connectivity index (χ0) is 12.8. The van der Waals surface area contributed by atoms with Gasteiger partial charge < -0.3 is 10.0 Å². The molecule has 2 aromatic rings. The molecule has 0 unspecified atom stereocenters. The van der Waals surface area contributed by atoms with Gasteiger partial charge in [-0.2, -0.15) is 0 Å². The predicted octanol–water partition coefficient (Wildman–Crippen LogP) is 1.17. The Hall–Kier alpha value is -1.11. The van der Waals surface area contributed by atoms with E-state index in [9.17, 15) is 5.11 Å². The maximum absolute atomic E-state index is 9.61. The topological polar surface area (TPSA) is 44.0 Å². The average Bonchev–Trinajstić information content (AvgIpc) is 3.09. The molecule has 0 bridgehead atoms. The van der Waals surface area contributed by atoms with Gasteiger partial charge in [-0.3, -0.25) is 9.30 Å². The van der Waals surface area contributed by atoms with Crippen molar-refractivity contribution in [3.8, 4) is 0 Å². The molecule has 6 heteroatoms. The number of piperazine rings is 1. The largest absolute Gasteiger partial charge is 0.390 e. The van der Waals surface area contributed by atoms with E-state index in [-0.39, 0.29) is 6.61 Å². The second kappa shape index (κ2) is 4.47. The van der Waals surface area contributed by atoms with Crippen LogP contribution in [0.4, 0.5) is 5.82 Å². The number of nitrogens with zero attached hydrogens (tertiary/aromatic N) is 4. The Bertz CT molecular complexity index is 580. The molecule has 0 atom stereocenters. The molecule has 1 saturated heterocycles. The van der Waals surface area contributed by atoms with Gasteiger partial charge in [-0.1, -0.05) is 0 Å². The van der Waals surface area contributed by atoms with Gasteiger partial charge in [0.1, 0.15) is 0 Å². The molecule has 1 aliphatic carbocycles. The Balaban J connectivity index is 1.58. The number of thiazole rings is 1. The van der Waals surface area contributed by atoms with E-state index in [1.807, 2.05) is 16.0 Å². The minimum Gasteiger partial charge on any atom is -0.390 e. The Kier molecular flexibility index (Phi) is 2.75. The lowest BCUT2D eigenvalue weighted by Crippen LogP contribution is -2.47. The molecule has 0 aromatic carbocycles. The van der Waals surface area contributed by atoms with Crippen LogP contribution in [0.25, 0.3) is 4.96 Å². The van der Waals surface area contributed by atoms with Gasteiger partial charge in [-0.25, -0.2) is 4.98 Å². The Morgan fingerprint density at radius 3 is 2.74 bits per heavy atom. The molecule has 19 heavy (non-hydrogen) atoms. The lowest BCUT2D eigenvalue weighted by atomic mass is 10.3. The first-order chi connectivity index (χ1) is 9.36. The summed E-state index contributed by atoms with van der Waals surface area (Å²) in [5, 5.41) is 11.6. The minimum atomic E-state index is 0.0517. The number of anilines is 1. The number of rotatable bonds is 3. The van der Waals surface area contributed by atoms with Gasteiger partial charge in [0.25, 0.3) is 0 Å². The van der Waals surface area contributed by atoms with Crippen molar-refractivity contribution in [2.75, 3.05) is 31.1 Å². The molecule has 1 saturated carbocycles. The lowest BCUT2D eigenvalue weighted by Gasteiger charge is -2.35. The second-order valence-corrected chi connectivity index (χ2v) is 6.22. The van der Waals surface area contributed by atoms with Gasteiger partial charge in [0.05, 0.1) is 12.3 Å². The zero-order valence-corrected chi connectivity index (χ0v) is 11.6. The summed E-state index contributed by atoms with van der Waals surface area (Å²) in [6.07, 6.45) is 4.74. The highest BCUT2D eigenvalue weighted by molar-refractivity contribution is 7.15. The summed E-state index contributed by atoms with van der Waals surface area (Å²) >= 11 is 1.62. The average molecular weight is 278 g/mol. The molecule has 0 radical (unpaired) electrons. The number of aliphatic hydroxyl groups is 1. The predicted molar refractivity (Wildman–Crippen MR) is 75.8 cm³/mol. The quantitative estimate of drug-likeness (QED) is 0.915. The van der Waals surface area contributed by atoms with Crippen molar-refractivity contribution < 1.29 is 5.11 Å². The van der Waals surface area contributed by atoms with E-state index < -0.39 is 0 Å². The standard InChI is InChI=1S/C13H18N4OS/c18-9-11-12(14-13-17(11)7-8-19-13)16-5-3-15(4-6-16)10-1-2-10/h7-8,10,18H,1-6,9H2. The number of imidazole rings is 1. The van der Waals surface area contributed by atoms with Crippen molar-refractivity contribution in [1.29, 1.82) is 0 Å². The lowest BCUT2D eigenvalue weighted by molar-refractivity contribution is 0.245. The van der Waals surface area contributed by atoms with Crippen molar-refractivity contribution >= 4 is 22.1 Å². The van der Waals surface area contributed by atoms with Crippen LogP contribution >= 0.6 is 11.3 Å². The van der Waals surface area contributed by atoms with E-state index >= 15 is 0 Å². The summed E-state index contributed by atoms with van der Waals surface area (Å²) in [4.78, 5) is 10.6. The van der Waals surface area contributed by atoms with Crippen LogP contribution in [0.2, 0.25) is 0 Å². The minimum absolute atomic E-state index is 0.0517. The van der Waals surface area contributed by atoms with Crippen molar-refractivity contribution in [3.63, 3.8) is 0 Å².